The lowest BCUT2D eigenvalue weighted by atomic mass is 10.2. The van der Waals surface area contributed by atoms with Crippen molar-refractivity contribution in [1.29, 1.82) is 0 Å². The summed E-state index contributed by atoms with van der Waals surface area (Å²) in [5, 5.41) is 2.40. The number of amides is 1. The van der Waals surface area contributed by atoms with Gasteiger partial charge in [0.05, 0.1) is 30.3 Å². The number of carbonyl (C=O) groups is 1. The maximum Gasteiger partial charge on any atom is 0.277 e. The first kappa shape index (κ1) is 18.0. The lowest BCUT2D eigenvalue weighted by molar-refractivity contribution is -0.123. The predicted molar refractivity (Wildman–Crippen MR) is 80.3 cm³/mol. The summed E-state index contributed by atoms with van der Waals surface area (Å²) in [4.78, 5) is 27.7. The Balaban J connectivity index is 0.00000242. The molecule has 6 nitrogen and oxygen atoms in total. The molecule has 0 spiro atoms. The second-order valence-electron chi connectivity index (χ2n) is 4.53. The minimum Gasteiger partial charge on any atom is -0.348 e. The molecule has 1 amide bonds. The Morgan fingerprint density at radius 2 is 2.05 bits per heavy atom. The van der Waals surface area contributed by atoms with Gasteiger partial charge in [0.15, 0.2) is 0 Å². The SMILES string of the molecule is Cl.NCC(F)(F)CNC(=O)Cn1cnc2ccccc2c1=O. The van der Waals surface area contributed by atoms with Crippen molar-refractivity contribution in [2.75, 3.05) is 13.1 Å². The van der Waals surface area contributed by atoms with E-state index in [1.807, 2.05) is 5.32 Å². The quantitative estimate of drug-likeness (QED) is 0.835. The number of aromatic nitrogens is 2. The van der Waals surface area contributed by atoms with Crippen molar-refractivity contribution in [3.8, 4) is 0 Å². The van der Waals surface area contributed by atoms with Crippen LogP contribution in [0, 0.1) is 0 Å². The van der Waals surface area contributed by atoms with Gasteiger partial charge in [0.25, 0.3) is 11.5 Å². The molecule has 0 aliphatic rings. The van der Waals surface area contributed by atoms with Crippen LogP contribution < -0.4 is 16.6 Å². The van der Waals surface area contributed by atoms with E-state index in [1.54, 1.807) is 24.3 Å². The zero-order chi connectivity index (χ0) is 15.5. The van der Waals surface area contributed by atoms with E-state index in [0.717, 1.165) is 4.57 Å². The summed E-state index contributed by atoms with van der Waals surface area (Å²) >= 11 is 0. The Hall–Kier alpha value is -2.06. The molecule has 3 N–H and O–H groups in total. The number of alkyl halides is 2. The number of hydrogen-bond acceptors (Lipinski definition) is 4. The minimum atomic E-state index is -3.16. The molecule has 0 fully saturated rings. The predicted octanol–water partition coefficient (Wildman–Crippen LogP) is 0.528. The van der Waals surface area contributed by atoms with Crippen LogP contribution in [0.1, 0.15) is 0 Å². The molecule has 2 rings (SSSR count). The first-order chi connectivity index (χ1) is 9.93. The number of halogens is 3. The van der Waals surface area contributed by atoms with Crippen LogP contribution in [0.3, 0.4) is 0 Å². The van der Waals surface area contributed by atoms with Gasteiger partial charge in [-0.15, -0.1) is 12.4 Å². The van der Waals surface area contributed by atoms with E-state index in [0.29, 0.717) is 10.9 Å². The Kier molecular flexibility index (Phi) is 5.95. The molecule has 0 aliphatic carbocycles. The number of nitrogens with two attached hydrogens (primary N) is 1. The highest BCUT2D eigenvalue weighted by atomic mass is 35.5. The normalized spacial score (nSPS) is 11.0. The standard InChI is InChI=1S/C13H14F2N4O2.ClH/c14-13(15,6-16)7-17-11(20)5-19-8-18-10-4-2-1-3-9(10)12(19)21;/h1-4,8H,5-7,16H2,(H,17,20);1H. The molecule has 0 saturated heterocycles. The number of nitrogens with one attached hydrogen (secondary N) is 1. The highest BCUT2D eigenvalue weighted by molar-refractivity contribution is 5.85. The summed E-state index contributed by atoms with van der Waals surface area (Å²) in [6, 6.07) is 6.67. The summed E-state index contributed by atoms with van der Waals surface area (Å²) in [6.07, 6.45) is 1.21. The molecule has 1 aromatic carbocycles. The van der Waals surface area contributed by atoms with Crippen molar-refractivity contribution in [3.63, 3.8) is 0 Å². The molecule has 2 aromatic rings. The number of nitrogens with zero attached hydrogens (tertiary/aromatic N) is 2. The second-order valence-corrected chi connectivity index (χ2v) is 4.53. The maximum absolute atomic E-state index is 12.9. The van der Waals surface area contributed by atoms with Crippen LogP contribution in [-0.4, -0.2) is 34.5 Å². The van der Waals surface area contributed by atoms with E-state index in [1.165, 1.54) is 6.33 Å². The van der Waals surface area contributed by atoms with Crippen LogP contribution in [0.4, 0.5) is 8.78 Å². The van der Waals surface area contributed by atoms with Gasteiger partial charge < -0.3 is 11.1 Å². The van der Waals surface area contributed by atoms with Crippen molar-refractivity contribution in [1.82, 2.24) is 14.9 Å². The molecule has 120 valence electrons. The zero-order valence-corrected chi connectivity index (χ0v) is 12.3. The van der Waals surface area contributed by atoms with Crippen LogP contribution in [0.25, 0.3) is 10.9 Å². The molecular weight excluding hydrogens is 318 g/mol. The summed E-state index contributed by atoms with van der Waals surface area (Å²) in [7, 11) is 0. The number of para-hydroxylation sites is 1. The van der Waals surface area contributed by atoms with Crippen LogP contribution >= 0.6 is 12.4 Å². The molecule has 0 saturated carbocycles. The van der Waals surface area contributed by atoms with Crippen molar-refractivity contribution in [2.24, 2.45) is 5.73 Å². The highest BCUT2D eigenvalue weighted by Gasteiger charge is 2.27. The first-order valence-electron chi connectivity index (χ1n) is 6.22. The molecule has 1 heterocycles. The minimum absolute atomic E-state index is 0. The Labute approximate surface area is 130 Å². The third-order valence-electron chi connectivity index (χ3n) is 2.89. The Morgan fingerprint density at radius 1 is 1.36 bits per heavy atom. The molecule has 0 unspecified atom stereocenters. The van der Waals surface area contributed by atoms with Gasteiger partial charge in [0, 0.05) is 0 Å². The van der Waals surface area contributed by atoms with Gasteiger partial charge >= 0.3 is 0 Å². The number of benzene rings is 1. The summed E-state index contributed by atoms with van der Waals surface area (Å²) in [5.74, 6) is -3.87. The fraction of sp³-hybridized carbons (Fsp3) is 0.308. The summed E-state index contributed by atoms with van der Waals surface area (Å²) < 4.78 is 26.9. The molecule has 9 heteroatoms. The topological polar surface area (TPSA) is 90.0 Å². The van der Waals surface area contributed by atoms with Crippen LogP contribution in [0.2, 0.25) is 0 Å². The van der Waals surface area contributed by atoms with Gasteiger partial charge in [-0.25, -0.2) is 13.8 Å². The average molecular weight is 333 g/mol. The highest BCUT2D eigenvalue weighted by Crippen LogP contribution is 2.08. The fourth-order valence-electron chi connectivity index (χ4n) is 1.73. The molecule has 22 heavy (non-hydrogen) atoms. The van der Waals surface area contributed by atoms with Gasteiger partial charge in [0.1, 0.15) is 6.54 Å². The van der Waals surface area contributed by atoms with E-state index in [-0.39, 0.29) is 19.0 Å². The molecule has 0 atom stereocenters. The molecule has 0 bridgehead atoms. The average Bonchev–Trinajstić information content (AvgIpc) is 2.48. The Bertz CT molecular complexity index is 720. The van der Waals surface area contributed by atoms with E-state index in [9.17, 15) is 18.4 Å². The smallest absolute Gasteiger partial charge is 0.277 e. The largest absolute Gasteiger partial charge is 0.348 e. The van der Waals surface area contributed by atoms with Gasteiger partial charge in [-0.1, -0.05) is 12.1 Å². The number of carbonyl (C=O) groups excluding carboxylic acids is 1. The molecule has 1 aromatic heterocycles. The number of hydrogen-bond donors (Lipinski definition) is 2. The van der Waals surface area contributed by atoms with E-state index < -0.39 is 30.5 Å². The van der Waals surface area contributed by atoms with Crippen molar-refractivity contribution < 1.29 is 13.6 Å². The van der Waals surface area contributed by atoms with Gasteiger partial charge in [-0.3, -0.25) is 14.2 Å². The van der Waals surface area contributed by atoms with Gasteiger partial charge in [0.2, 0.25) is 5.91 Å². The van der Waals surface area contributed by atoms with E-state index >= 15 is 0 Å². The zero-order valence-electron chi connectivity index (χ0n) is 11.5. The molecular formula is C13H15ClF2N4O2. The van der Waals surface area contributed by atoms with Crippen molar-refractivity contribution in [2.45, 2.75) is 12.5 Å². The third kappa shape index (κ3) is 4.22. The van der Waals surface area contributed by atoms with Gasteiger partial charge in [-0.2, -0.15) is 0 Å². The lowest BCUT2D eigenvalue weighted by Crippen LogP contribution is -2.43. The summed E-state index contributed by atoms with van der Waals surface area (Å²) in [6.45, 7) is -2.10. The summed E-state index contributed by atoms with van der Waals surface area (Å²) in [5.41, 5.74) is 4.97. The van der Waals surface area contributed by atoms with Crippen LogP contribution in [-0.2, 0) is 11.3 Å². The first-order valence-corrected chi connectivity index (χ1v) is 6.22. The van der Waals surface area contributed by atoms with E-state index in [2.05, 4.69) is 4.98 Å². The monoisotopic (exact) mass is 332 g/mol. The number of rotatable bonds is 5. The number of fused-ring (bicyclic) bond motifs is 1. The Morgan fingerprint density at radius 3 is 2.73 bits per heavy atom. The molecule has 0 aliphatic heterocycles. The maximum atomic E-state index is 12.9. The van der Waals surface area contributed by atoms with Crippen molar-refractivity contribution in [3.05, 3.63) is 40.9 Å². The van der Waals surface area contributed by atoms with Crippen LogP contribution in [0.15, 0.2) is 35.4 Å². The van der Waals surface area contributed by atoms with Gasteiger partial charge in [-0.05, 0) is 12.1 Å². The fourth-order valence-corrected chi connectivity index (χ4v) is 1.73. The second kappa shape index (κ2) is 7.28. The molecule has 0 radical (unpaired) electrons. The van der Waals surface area contributed by atoms with Crippen LogP contribution in [0.5, 0.6) is 0 Å². The lowest BCUT2D eigenvalue weighted by Gasteiger charge is -2.14. The van der Waals surface area contributed by atoms with E-state index in [4.69, 9.17) is 5.73 Å². The third-order valence-corrected chi connectivity index (χ3v) is 2.89. The van der Waals surface area contributed by atoms with Crippen molar-refractivity contribution >= 4 is 29.2 Å².